The number of rotatable bonds is 7. The number of hydrogen-bond acceptors (Lipinski definition) is 3. The molecule has 6 nitrogen and oxygen atoms in total. The highest BCUT2D eigenvalue weighted by Gasteiger charge is 2.24. The molecule has 2 N–H and O–H groups in total. The zero-order valence-electron chi connectivity index (χ0n) is 19.1. The number of carbonyl (C=O) groups excluding carboxylic acids is 1. The molecule has 1 aliphatic heterocycles. The molecule has 0 saturated carbocycles. The second-order valence-electron chi connectivity index (χ2n) is 8.85. The van der Waals surface area contributed by atoms with Gasteiger partial charge in [0.05, 0.1) is 22.7 Å². The van der Waals surface area contributed by atoms with E-state index in [9.17, 15) is 14.0 Å². The summed E-state index contributed by atoms with van der Waals surface area (Å²) in [7, 11) is 0. The normalized spacial score (nSPS) is 15.3. The van der Waals surface area contributed by atoms with Gasteiger partial charge in [-0.2, -0.15) is 0 Å². The van der Waals surface area contributed by atoms with E-state index >= 15 is 0 Å². The second-order valence-corrected chi connectivity index (χ2v) is 9.26. The van der Waals surface area contributed by atoms with Crippen molar-refractivity contribution in [3.63, 3.8) is 0 Å². The van der Waals surface area contributed by atoms with Crippen molar-refractivity contribution < 1.29 is 9.18 Å². The highest BCUT2D eigenvalue weighted by molar-refractivity contribution is 6.31. The van der Waals surface area contributed by atoms with Crippen LogP contribution in [0.15, 0.2) is 35.1 Å². The van der Waals surface area contributed by atoms with Gasteiger partial charge in [0.15, 0.2) is 0 Å². The minimum Gasteiger partial charge on any atom is -0.348 e. The zero-order chi connectivity index (χ0) is 23.5. The monoisotopic (exact) mass is 472 g/mol. The number of pyridine rings is 1. The Labute approximate surface area is 197 Å². The van der Waals surface area contributed by atoms with Crippen molar-refractivity contribution >= 4 is 28.4 Å². The zero-order valence-corrected chi connectivity index (χ0v) is 19.8. The van der Waals surface area contributed by atoms with Crippen LogP contribution in [0.3, 0.4) is 0 Å². The van der Waals surface area contributed by atoms with E-state index < -0.39 is 0 Å². The number of nitrogens with one attached hydrogen (secondary N) is 2. The van der Waals surface area contributed by atoms with Crippen molar-refractivity contribution in [3.8, 4) is 0 Å². The minimum atomic E-state index is -0.301. The average Bonchev–Trinajstić information content (AvgIpc) is 3.06. The fourth-order valence-corrected chi connectivity index (χ4v) is 5.14. The molecule has 0 unspecified atom stereocenters. The van der Waals surface area contributed by atoms with E-state index in [1.54, 1.807) is 13.0 Å². The molecule has 1 aliphatic rings. The maximum atomic E-state index is 13.2. The van der Waals surface area contributed by atoms with Crippen LogP contribution in [0.5, 0.6) is 0 Å². The maximum absolute atomic E-state index is 13.2. The molecule has 2 aromatic heterocycles. The van der Waals surface area contributed by atoms with Gasteiger partial charge >= 0.3 is 0 Å². The summed E-state index contributed by atoms with van der Waals surface area (Å²) >= 11 is 6.23. The fraction of sp³-hybridized carbons (Fsp3) is 0.440. The van der Waals surface area contributed by atoms with Crippen molar-refractivity contribution in [2.45, 2.75) is 39.8 Å². The van der Waals surface area contributed by atoms with E-state index in [1.165, 1.54) is 0 Å². The van der Waals surface area contributed by atoms with Gasteiger partial charge in [-0.15, -0.1) is 0 Å². The molecule has 0 aliphatic carbocycles. The molecule has 0 radical (unpaired) electrons. The van der Waals surface area contributed by atoms with E-state index in [-0.39, 0.29) is 24.7 Å². The number of halogens is 2. The highest BCUT2D eigenvalue weighted by atomic mass is 35.5. The first-order valence-electron chi connectivity index (χ1n) is 11.4. The predicted octanol–water partition coefficient (Wildman–Crippen LogP) is 4.21. The first-order chi connectivity index (χ1) is 15.9. The molecule has 4 rings (SSSR count). The molecular weight excluding hydrogens is 443 g/mol. The molecule has 1 aromatic carbocycles. The Morgan fingerprint density at radius 3 is 2.67 bits per heavy atom. The molecule has 0 atom stereocenters. The standard InChI is InChI=1S/C25H30ClFN4O2/c1-16-13-21(26)20(24(32)29-16)14-28-25(33)23-17(2)31(22-6-4-3-5-19(22)23)15-18-7-10-30(11-8-18)12-9-27/h3-6,13,18H,7-12,14-15H2,1-2H3,(H,28,33)(H,29,32). The summed E-state index contributed by atoms with van der Waals surface area (Å²) < 4.78 is 14.9. The van der Waals surface area contributed by atoms with Crippen LogP contribution >= 0.6 is 11.6 Å². The van der Waals surface area contributed by atoms with E-state index in [4.69, 9.17) is 11.6 Å². The molecule has 1 saturated heterocycles. The quantitative estimate of drug-likeness (QED) is 0.541. The number of aromatic amines is 1. The molecule has 3 aromatic rings. The van der Waals surface area contributed by atoms with Gasteiger partial charge in [0, 0.05) is 35.4 Å². The molecule has 0 spiro atoms. The summed E-state index contributed by atoms with van der Waals surface area (Å²) in [6, 6.07) is 9.60. The number of benzene rings is 1. The Bertz CT molecular complexity index is 1210. The number of nitrogens with zero attached hydrogens (tertiary/aromatic N) is 2. The summed E-state index contributed by atoms with van der Waals surface area (Å²) in [5.41, 5.74) is 3.28. The fourth-order valence-electron chi connectivity index (χ4n) is 4.82. The van der Waals surface area contributed by atoms with Gasteiger partial charge in [-0.05, 0) is 57.8 Å². The Morgan fingerprint density at radius 2 is 1.97 bits per heavy atom. The van der Waals surface area contributed by atoms with Crippen molar-refractivity contribution in [1.29, 1.82) is 0 Å². The van der Waals surface area contributed by atoms with Crippen LogP contribution in [0.25, 0.3) is 10.9 Å². The Kier molecular flexibility index (Phi) is 7.20. The lowest BCUT2D eigenvalue weighted by molar-refractivity contribution is 0.0951. The molecule has 33 heavy (non-hydrogen) atoms. The number of piperidine rings is 1. The summed E-state index contributed by atoms with van der Waals surface area (Å²) in [5, 5.41) is 4.12. The van der Waals surface area contributed by atoms with Crippen LogP contribution in [0.4, 0.5) is 4.39 Å². The summed E-state index contributed by atoms with van der Waals surface area (Å²) in [6.07, 6.45) is 2.03. The topological polar surface area (TPSA) is 70.1 Å². The van der Waals surface area contributed by atoms with Gasteiger partial charge in [-0.3, -0.25) is 9.59 Å². The summed E-state index contributed by atoms with van der Waals surface area (Å²) in [5.74, 6) is 0.257. The smallest absolute Gasteiger partial charge is 0.254 e. The Balaban J connectivity index is 1.56. The van der Waals surface area contributed by atoms with Crippen LogP contribution in [0, 0.1) is 19.8 Å². The lowest BCUT2D eigenvalue weighted by Crippen LogP contribution is -2.36. The SMILES string of the molecule is Cc1cc(Cl)c(CNC(=O)c2c(C)n(CC3CCN(CCF)CC3)c3ccccc23)c(=O)[nH]1. The van der Waals surface area contributed by atoms with Gasteiger partial charge in [0.25, 0.3) is 11.5 Å². The number of alkyl halides is 1. The van der Waals surface area contributed by atoms with E-state index in [2.05, 4.69) is 19.8 Å². The number of para-hydroxylation sites is 1. The van der Waals surface area contributed by atoms with E-state index in [1.807, 2.05) is 31.2 Å². The van der Waals surface area contributed by atoms with Crippen molar-refractivity contribution in [3.05, 3.63) is 68.2 Å². The van der Waals surface area contributed by atoms with Crippen LogP contribution in [0.2, 0.25) is 5.02 Å². The number of amides is 1. The number of aromatic nitrogens is 2. The number of carbonyl (C=O) groups is 1. The average molecular weight is 473 g/mol. The molecule has 0 bridgehead atoms. The first-order valence-corrected chi connectivity index (χ1v) is 11.8. The minimum absolute atomic E-state index is 0.0548. The van der Waals surface area contributed by atoms with Crippen molar-refractivity contribution in [1.82, 2.24) is 19.8 Å². The molecule has 8 heteroatoms. The first kappa shape index (κ1) is 23.5. The van der Waals surface area contributed by atoms with Crippen LogP contribution in [-0.2, 0) is 13.1 Å². The van der Waals surface area contributed by atoms with Crippen molar-refractivity contribution in [2.24, 2.45) is 5.92 Å². The maximum Gasteiger partial charge on any atom is 0.254 e. The van der Waals surface area contributed by atoms with Crippen LogP contribution in [0.1, 0.15) is 40.2 Å². The summed E-state index contributed by atoms with van der Waals surface area (Å²) in [6.45, 7) is 6.64. The molecular formula is C25H30ClFN4O2. The molecule has 3 heterocycles. The third-order valence-corrected chi connectivity index (χ3v) is 6.99. The number of likely N-dealkylation sites (tertiary alicyclic amines) is 1. The van der Waals surface area contributed by atoms with Gasteiger partial charge in [-0.1, -0.05) is 29.8 Å². The second kappa shape index (κ2) is 10.1. The third-order valence-electron chi connectivity index (χ3n) is 6.65. The molecule has 1 fully saturated rings. The summed E-state index contributed by atoms with van der Waals surface area (Å²) in [4.78, 5) is 30.4. The lowest BCUT2D eigenvalue weighted by Gasteiger charge is -2.31. The highest BCUT2D eigenvalue weighted by Crippen LogP contribution is 2.29. The van der Waals surface area contributed by atoms with Gasteiger partial charge in [0.2, 0.25) is 0 Å². The lowest BCUT2D eigenvalue weighted by atomic mass is 9.96. The van der Waals surface area contributed by atoms with Gasteiger partial charge in [-0.25, -0.2) is 4.39 Å². The number of fused-ring (bicyclic) bond motifs is 1. The molecule has 176 valence electrons. The van der Waals surface area contributed by atoms with Gasteiger partial charge in [0.1, 0.15) is 6.67 Å². The number of hydrogen-bond donors (Lipinski definition) is 2. The predicted molar refractivity (Wildman–Crippen MR) is 130 cm³/mol. The number of aryl methyl sites for hydroxylation is 1. The van der Waals surface area contributed by atoms with Gasteiger partial charge < -0.3 is 19.8 Å². The van der Waals surface area contributed by atoms with Crippen LogP contribution in [-0.4, -0.2) is 46.7 Å². The molecule has 1 amide bonds. The Morgan fingerprint density at radius 1 is 1.24 bits per heavy atom. The Hall–Kier alpha value is -2.64. The largest absolute Gasteiger partial charge is 0.348 e. The van der Waals surface area contributed by atoms with E-state index in [0.717, 1.165) is 49.1 Å². The van der Waals surface area contributed by atoms with Crippen molar-refractivity contribution in [2.75, 3.05) is 26.3 Å². The van der Waals surface area contributed by atoms with Crippen LogP contribution < -0.4 is 10.9 Å². The van der Waals surface area contributed by atoms with E-state index in [0.29, 0.717) is 34.3 Å². The third kappa shape index (κ3) is 4.99. The number of H-pyrrole nitrogens is 1.